The van der Waals surface area contributed by atoms with Crippen LogP contribution >= 0.6 is 15.9 Å². The van der Waals surface area contributed by atoms with Crippen molar-refractivity contribution in [3.63, 3.8) is 0 Å². The highest BCUT2D eigenvalue weighted by atomic mass is 79.9. The first-order valence-electron chi connectivity index (χ1n) is 5.52. The van der Waals surface area contributed by atoms with Crippen molar-refractivity contribution in [1.82, 2.24) is 4.90 Å². The number of halogens is 3. The van der Waals surface area contributed by atoms with Crippen LogP contribution in [0.25, 0.3) is 0 Å². The smallest absolute Gasteiger partial charge is 0.323 e. The summed E-state index contributed by atoms with van der Waals surface area (Å²) >= 11 is 2.97. The molecule has 0 saturated carbocycles. The number of hydrogen-bond acceptors (Lipinski definition) is 2. The Morgan fingerprint density at radius 1 is 1.32 bits per heavy atom. The highest BCUT2D eigenvalue weighted by Gasteiger charge is 2.21. The Kier molecular flexibility index (Phi) is 5.41. The zero-order chi connectivity index (χ0) is 14.6. The Bertz CT molecular complexity index is 508. The van der Waals surface area contributed by atoms with E-state index in [4.69, 9.17) is 5.11 Å². The zero-order valence-corrected chi connectivity index (χ0v) is 11.7. The molecule has 1 aromatic carbocycles. The lowest BCUT2D eigenvalue weighted by Crippen LogP contribution is -2.36. The molecule has 0 fully saturated rings. The Labute approximate surface area is 117 Å². The van der Waals surface area contributed by atoms with Crippen LogP contribution in [0.1, 0.15) is 23.7 Å². The molecule has 0 aliphatic carbocycles. The van der Waals surface area contributed by atoms with Crippen molar-refractivity contribution < 1.29 is 23.5 Å². The number of nitrogens with zero attached hydrogens (tertiary/aromatic N) is 1. The Morgan fingerprint density at radius 3 is 2.42 bits per heavy atom. The maximum absolute atomic E-state index is 13.1. The van der Waals surface area contributed by atoms with E-state index in [2.05, 4.69) is 15.9 Å². The van der Waals surface area contributed by atoms with Crippen LogP contribution < -0.4 is 0 Å². The van der Waals surface area contributed by atoms with Gasteiger partial charge in [-0.1, -0.05) is 6.92 Å². The molecule has 0 saturated heterocycles. The molecule has 0 aliphatic heterocycles. The Hall–Kier alpha value is -1.50. The van der Waals surface area contributed by atoms with Crippen LogP contribution in [-0.4, -0.2) is 35.0 Å². The van der Waals surface area contributed by atoms with Crippen molar-refractivity contribution in [3.8, 4) is 0 Å². The number of carboxylic acid groups (broad SMARTS) is 1. The molecule has 1 amide bonds. The minimum absolute atomic E-state index is 0.0860. The third-order valence-corrected chi connectivity index (χ3v) is 3.00. The van der Waals surface area contributed by atoms with Gasteiger partial charge < -0.3 is 10.0 Å². The molecule has 1 N–H and O–H groups in total. The third-order valence-electron chi connectivity index (χ3n) is 2.35. The number of benzene rings is 1. The van der Waals surface area contributed by atoms with Crippen LogP contribution in [0.5, 0.6) is 0 Å². The third kappa shape index (κ3) is 3.99. The number of carbonyl (C=O) groups is 2. The fourth-order valence-corrected chi connectivity index (χ4v) is 2.03. The van der Waals surface area contributed by atoms with Crippen molar-refractivity contribution >= 4 is 27.8 Å². The van der Waals surface area contributed by atoms with E-state index in [1.807, 2.05) is 0 Å². The van der Waals surface area contributed by atoms with Crippen LogP contribution in [-0.2, 0) is 4.79 Å². The predicted molar refractivity (Wildman–Crippen MR) is 67.9 cm³/mol. The summed E-state index contributed by atoms with van der Waals surface area (Å²) in [5, 5.41) is 8.73. The second-order valence-corrected chi connectivity index (χ2v) is 4.72. The van der Waals surface area contributed by atoms with E-state index in [0.29, 0.717) is 6.42 Å². The molecular formula is C12H12BrF2NO3. The van der Waals surface area contributed by atoms with Gasteiger partial charge in [0.05, 0.1) is 5.56 Å². The number of carbonyl (C=O) groups excluding carboxylic acids is 1. The normalized spacial score (nSPS) is 10.3. The minimum atomic E-state index is -1.17. The lowest BCUT2D eigenvalue weighted by atomic mass is 10.2. The van der Waals surface area contributed by atoms with Gasteiger partial charge in [-0.05, 0) is 34.5 Å². The Morgan fingerprint density at radius 2 is 1.89 bits per heavy atom. The molecule has 0 heterocycles. The summed E-state index contributed by atoms with van der Waals surface area (Å²) in [6.45, 7) is 1.51. The van der Waals surface area contributed by atoms with E-state index in [9.17, 15) is 18.4 Å². The maximum atomic E-state index is 13.1. The molecule has 104 valence electrons. The van der Waals surface area contributed by atoms with Crippen LogP contribution in [0.4, 0.5) is 8.78 Å². The van der Waals surface area contributed by atoms with E-state index in [1.54, 1.807) is 6.92 Å². The average Bonchev–Trinajstić information content (AvgIpc) is 2.32. The van der Waals surface area contributed by atoms with Crippen LogP contribution in [0.3, 0.4) is 0 Å². The molecule has 0 aromatic heterocycles. The maximum Gasteiger partial charge on any atom is 0.323 e. The molecule has 0 unspecified atom stereocenters. The first kappa shape index (κ1) is 15.6. The molecule has 7 heteroatoms. The van der Waals surface area contributed by atoms with Crippen molar-refractivity contribution in [2.24, 2.45) is 0 Å². The molecule has 1 rings (SSSR count). The van der Waals surface area contributed by atoms with Crippen LogP contribution in [0.2, 0.25) is 0 Å². The summed E-state index contributed by atoms with van der Waals surface area (Å²) in [6, 6.07) is 1.60. The lowest BCUT2D eigenvalue weighted by Gasteiger charge is -2.20. The fourth-order valence-electron chi connectivity index (χ4n) is 1.54. The number of hydrogen-bond donors (Lipinski definition) is 1. The van der Waals surface area contributed by atoms with Gasteiger partial charge in [0.1, 0.15) is 6.54 Å². The number of aliphatic carboxylic acids is 1. The van der Waals surface area contributed by atoms with Gasteiger partial charge in [0.25, 0.3) is 5.91 Å². The second-order valence-electron chi connectivity index (χ2n) is 3.87. The largest absolute Gasteiger partial charge is 0.480 e. The second kappa shape index (κ2) is 6.60. The highest BCUT2D eigenvalue weighted by Crippen LogP contribution is 2.22. The van der Waals surface area contributed by atoms with E-state index < -0.39 is 30.1 Å². The number of carboxylic acids is 1. The van der Waals surface area contributed by atoms with Crippen LogP contribution in [0.15, 0.2) is 16.6 Å². The van der Waals surface area contributed by atoms with Crippen LogP contribution in [0, 0.1) is 11.6 Å². The van der Waals surface area contributed by atoms with E-state index >= 15 is 0 Å². The van der Waals surface area contributed by atoms with Crippen molar-refractivity contribution in [2.45, 2.75) is 13.3 Å². The van der Waals surface area contributed by atoms with E-state index in [0.717, 1.165) is 17.0 Å². The van der Waals surface area contributed by atoms with Gasteiger partial charge in [-0.2, -0.15) is 0 Å². The summed E-state index contributed by atoms with van der Waals surface area (Å²) in [6.07, 6.45) is 0.556. The van der Waals surface area contributed by atoms with Gasteiger partial charge in [0.15, 0.2) is 11.6 Å². The van der Waals surface area contributed by atoms with Gasteiger partial charge in [-0.3, -0.25) is 9.59 Å². The summed E-state index contributed by atoms with van der Waals surface area (Å²) < 4.78 is 26.2. The van der Waals surface area contributed by atoms with Gasteiger partial charge in [-0.25, -0.2) is 8.78 Å². The zero-order valence-electron chi connectivity index (χ0n) is 10.1. The monoisotopic (exact) mass is 335 g/mol. The van der Waals surface area contributed by atoms with Gasteiger partial charge in [0, 0.05) is 11.0 Å². The highest BCUT2D eigenvalue weighted by molar-refractivity contribution is 9.10. The first-order chi connectivity index (χ1) is 8.86. The topological polar surface area (TPSA) is 57.6 Å². The van der Waals surface area contributed by atoms with E-state index in [1.165, 1.54) is 0 Å². The SMILES string of the molecule is CCCN(CC(=O)O)C(=O)c1cc(F)c(F)cc1Br. The van der Waals surface area contributed by atoms with Gasteiger partial charge in [0.2, 0.25) is 0 Å². The predicted octanol–water partition coefficient (Wildman–Crippen LogP) is 2.66. The van der Waals surface area contributed by atoms with Crippen molar-refractivity contribution in [1.29, 1.82) is 0 Å². The number of rotatable bonds is 5. The van der Waals surface area contributed by atoms with Gasteiger partial charge in [-0.15, -0.1) is 0 Å². The molecule has 0 atom stereocenters. The molecule has 4 nitrogen and oxygen atoms in total. The van der Waals surface area contributed by atoms with E-state index in [-0.39, 0.29) is 16.6 Å². The molecule has 0 aliphatic rings. The summed E-state index contributed by atoms with van der Waals surface area (Å²) in [5.41, 5.74) is -0.103. The average molecular weight is 336 g/mol. The lowest BCUT2D eigenvalue weighted by molar-refractivity contribution is -0.137. The fraction of sp³-hybridized carbons (Fsp3) is 0.333. The summed E-state index contributed by atoms with van der Waals surface area (Å²) in [4.78, 5) is 23.9. The molecular weight excluding hydrogens is 324 g/mol. The summed E-state index contributed by atoms with van der Waals surface area (Å²) in [7, 11) is 0. The molecule has 0 spiro atoms. The Balaban J connectivity index is 3.08. The molecule has 0 radical (unpaired) electrons. The first-order valence-corrected chi connectivity index (χ1v) is 6.31. The van der Waals surface area contributed by atoms with Gasteiger partial charge >= 0.3 is 5.97 Å². The minimum Gasteiger partial charge on any atom is -0.480 e. The molecule has 1 aromatic rings. The van der Waals surface area contributed by atoms with Crippen molar-refractivity contribution in [2.75, 3.05) is 13.1 Å². The molecule has 19 heavy (non-hydrogen) atoms. The quantitative estimate of drug-likeness (QED) is 0.841. The number of amides is 1. The summed E-state index contributed by atoms with van der Waals surface area (Å²) in [5.74, 6) is -4.06. The van der Waals surface area contributed by atoms with Crippen molar-refractivity contribution in [3.05, 3.63) is 33.8 Å². The molecule has 0 bridgehead atoms. The standard InChI is InChI=1S/C12H12BrF2NO3/c1-2-3-16(6-11(17)18)12(19)7-4-9(14)10(15)5-8(7)13/h4-5H,2-3,6H2,1H3,(H,17,18).